The normalized spacial score (nSPS) is 10.6. The average molecular weight is 316 g/mol. The molecule has 0 atom stereocenters. The maximum atomic E-state index is 5.94. The first-order valence-electron chi connectivity index (χ1n) is 5.00. The average Bonchev–Trinajstić information content (AvgIpc) is 2.48. The lowest BCUT2D eigenvalue weighted by molar-refractivity contribution is 0.765. The number of aromatic nitrogens is 2. The summed E-state index contributed by atoms with van der Waals surface area (Å²) in [6, 6.07) is 5.52. The third-order valence-corrected chi connectivity index (χ3v) is 3.34. The zero-order valence-corrected chi connectivity index (χ0v) is 11.8. The van der Waals surface area contributed by atoms with Crippen molar-refractivity contribution < 1.29 is 0 Å². The molecule has 0 aliphatic rings. The molecule has 0 saturated heterocycles. The van der Waals surface area contributed by atoms with E-state index in [0.29, 0.717) is 10.7 Å². The Morgan fingerprint density at radius 3 is 2.71 bits per heavy atom. The summed E-state index contributed by atoms with van der Waals surface area (Å²) in [6.07, 6.45) is 0. The molecule has 90 valence electrons. The van der Waals surface area contributed by atoms with Crippen LogP contribution < -0.4 is 11.1 Å². The van der Waals surface area contributed by atoms with Gasteiger partial charge in [0, 0.05) is 16.5 Å². The van der Waals surface area contributed by atoms with Gasteiger partial charge in [-0.15, -0.1) is 0 Å². The van der Waals surface area contributed by atoms with Crippen molar-refractivity contribution in [2.75, 3.05) is 11.1 Å². The number of hydrogen-bond acceptors (Lipinski definition) is 3. The van der Waals surface area contributed by atoms with Crippen molar-refractivity contribution in [2.24, 2.45) is 7.05 Å². The van der Waals surface area contributed by atoms with Crippen molar-refractivity contribution in [3.63, 3.8) is 0 Å². The summed E-state index contributed by atoms with van der Waals surface area (Å²) in [6.45, 7) is 1.87. The molecule has 0 bridgehead atoms. The molecule has 0 radical (unpaired) electrons. The molecule has 2 aromatic rings. The van der Waals surface area contributed by atoms with Crippen LogP contribution in [0, 0.1) is 6.92 Å². The number of nitrogens with one attached hydrogen (secondary N) is 1. The quantitative estimate of drug-likeness (QED) is 0.892. The second-order valence-corrected chi connectivity index (χ2v) is 5.01. The Balaban J connectivity index is 2.38. The second kappa shape index (κ2) is 4.58. The van der Waals surface area contributed by atoms with Gasteiger partial charge in [0.1, 0.15) is 0 Å². The molecule has 0 spiro atoms. The molecule has 0 aliphatic carbocycles. The molecule has 4 nitrogen and oxygen atoms in total. The van der Waals surface area contributed by atoms with Gasteiger partial charge in [0.15, 0.2) is 5.82 Å². The molecule has 1 aromatic carbocycles. The first-order valence-corrected chi connectivity index (χ1v) is 6.17. The van der Waals surface area contributed by atoms with Gasteiger partial charge in [-0.2, -0.15) is 5.10 Å². The topological polar surface area (TPSA) is 55.9 Å². The zero-order chi connectivity index (χ0) is 12.6. The number of nitrogens with zero attached hydrogens (tertiary/aromatic N) is 2. The molecule has 0 unspecified atom stereocenters. The van der Waals surface area contributed by atoms with Gasteiger partial charge < -0.3 is 11.1 Å². The van der Waals surface area contributed by atoms with Gasteiger partial charge in [-0.25, -0.2) is 0 Å². The number of nitrogen functional groups attached to an aromatic ring is 1. The number of nitrogens with two attached hydrogens (primary N) is 1. The smallest absolute Gasteiger partial charge is 0.152 e. The van der Waals surface area contributed by atoms with Gasteiger partial charge in [0.05, 0.1) is 17.1 Å². The van der Waals surface area contributed by atoms with Crippen LogP contribution in [0.1, 0.15) is 5.69 Å². The third-order valence-electron chi connectivity index (χ3n) is 2.45. The van der Waals surface area contributed by atoms with Crippen molar-refractivity contribution in [1.29, 1.82) is 0 Å². The summed E-state index contributed by atoms with van der Waals surface area (Å²) < 4.78 is 2.59. The molecule has 2 rings (SSSR count). The fourth-order valence-corrected chi connectivity index (χ4v) is 2.32. The number of benzene rings is 1. The summed E-state index contributed by atoms with van der Waals surface area (Å²) in [7, 11) is 1.84. The Hall–Kier alpha value is -1.20. The predicted molar refractivity (Wildman–Crippen MR) is 74.8 cm³/mol. The Morgan fingerprint density at radius 2 is 2.18 bits per heavy atom. The minimum atomic E-state index is 0.648. The molecule has 0 aliphatic heterocycles. The molecular formula is C11H12BrClN4. The van der Waals surface area contributed by atoms with E-state index in [0.717, 1.165) is 21.7 Å². The van der Waals surface area contributed by atoms with E-state index in [1.807, 2.05) is 32.2 Å². The van der Waals surface area contributed by atoms with E-state index < -0.39 is 0 Å². The van der Waals surface area contributed by atoms with E-state index in [9.17, 15) is 0 Å². The van der Waals surface area contributed by atoms with E-state index in [-0.39, 0.29) is 0 Å². The lowest BCUT2D eigenvalue weighted by Crippen LogP contribution is -2.01. The SMILES string of the molecule is Cc1nn(C)c(Nc2ccc(Cl)cc2Br)c1N. The number of rotatable bonds is 2. The fraction of sp³-hybridized carbons (Fsp3) is 0.182. The molecular weight excluding hydrogens is 304 g/mol. The molecule has 3 N–H and O–H groups in total. The lowest BCUT2D eigenvalue weighted by Gasteiger charge is -2.09. The van der Waals surface area contributed by atoms with Gasteiger partial charge in [0.25, 0.3) is 0 Å². The van der Waals surface area contributed by atoms with Gasteiger partial charge in [-0.3, -0.25) is 4.68 Å². The Labute approximate surface area is 113 Å². The van der Waals surface area contributed by atoms with Crippen molar-refractivity contribution in [3.05, 3.63) is 33.4 Å². The second-order valence-electron chi connectivity index (χ2n) is 3.72. The summed E-state index contributed by atoms with van der Waals surface area (Å²) in [5.74, 6) is 0.769. The Morgan fingerprint density at radius 1 is 1.47 bits per heavy atom. The number of aryl methyl sites for hydroxylation is 2. The van der Waals surface area contributed by atoms with Gasteiger partial charge in [0.2, 0.25) is 0 Å². The van der Waals surface area contributed by atoms with Crippen LogP contribution in [0.4, 0.5) is 17.2 Å². The van der Waals surface area contributed by atoms with Crippen LogP contribution in [-0.4, -0.2) is 9.78 Å². The van der Waals surface area contributed by atoms with Crippen LogP contribution in [0.25, 0.3) is 0 Å². The van der Waals surface area contributed by atoms with Crippen LogP contribution in [0.3, 0.4) is 0 Å². The highest BCUT2D eigenvalue weighted by Crippen LogP contribution is 2.31. The van der Waals surface area contributed by atoms with Gasteiger partial charge >= 0.3 is 0 Å². The van der Waals surface area contributed by atoms with Gasteiger partial charge in [-0.05, 0) is 41.1 Å². The summed E-state index contributed by atoms with van der Waals surface area (Å²) >= 11 is 9.33. The molecule has 17 heavy (non-hydrogen) atoms. The van der Waals surface area contributed by atoms with E-state index in [1.165, 1.54) is 0 Å². The first kappa shape index (κ1) is 12.3. The first-order chi connectivity index (χ1) is 7.99. The van der Waals surface area contributed by atoms with Gasteiger partial charge in [-0.1, -0.05) is 11.6 Å². The zero-order valence-electron chi connectivity index (χ0n) is 9.46. The predicted octanol–water partition coefficient (Wildman–Crippen LogP) is 3.47. The number of halogens is 2. The molecule has 0 fully saturated rings. The van der Waals surface area contributed by atoms with Crippen LogP contribution >= 0.6 is 27.5 Å². The standard InChI is InChI=1S/C11H12BrClN4/c1-6-10(14)11(17(2)16-6)15-9-4-3-7(13)5-8(9)12/h3-5,15H,14H2,1-2H3. The maximum absolute atomic E-state index is 5.94. The van der Waals surface area contributed by atoms with Crippen LogP contribution in [-0.2, 0) is 7.05 Å². The van der Waals surface area contributed by atoms with E-state index in [1.54, 1.807) is 4.68 Å². The number of hydrogen-bond donors (Lipinski definition) is 2. The van der Waals surface area contributed by atoms with E-state index in [2.05, 4.69) is 26.3 Å². The van der Waals surface area contributed by atoms with Crippen molar-refractivity contribution >= 4 is 44.7 Å². The molecule has 6 heteroatoms. The molecule has 1 aromatic heterocycles. The summed E-state index contributed by atoms with van der Waals surface area (Å²) in [5.41, 5.74) is 8.29. The van der Waals surface area contributed by atoms with Crippen LogP contribution in [0.5, 0.6) is 0 Å². The van der Waals surface area contributed by atoms with Crippen molar-refractivity contribution in [1.82, 2.24) is 9.78 Å². The Kier molecular flexibility index (Phi) is 3.31. The Bertz CT molecular complexity index is 565. The highest BCUT2D eigenvalue weighted by Gasteiger charge is 2.11. The van der Waals surface area contributed by atoms with Crippen LogP contribution in [0.15, 0.2) is 22.7 Å². The van der Waals surface area contributed by atoms with Crippen molar-refractivity contribution in [3.8, 4) is 0 Å². The largest absolute Gasteiger partial charge is 0.394 e. The fourth-order valence-electron chi connectivity index (χ4n) is 1.54. The minimum Gasteiger partial charge on any atom is -0.394 e. The number of anilines is 3. The highest BCUT2D eigenvalue weighted by atomic mass is 79.9. The van der Waals surface area contributed by atoms with E-state index >= 15 is 0 Å². The summed E-state index contributed by atoms with van der Waals surface area (Å²) in [4.78, 5) is 0. The molecule has 0 amide bonds. The van der Waals surface area contributed by atoms with E-state index in [4.69, 9.17) is 17.3 Å². The third kappa shape index (κ3) is 2.40. The summed E-state index contributed by atoms with van der Waals surface area (Å²) in [5, 5.41) is 8.15. The molecule has 0 saturated carbocycles. The minimum absolute atomic E-state index is 0.648. The van der Waals surface area contributed by atoms with Crippen molar-refractivity contribution in [2.45, 2.75) is 6.92 Å². The lowest BCUT2D eigenvalue weighted by atomic mass is 10.3. The maximum Gasteiger partial charge on any atom is 0.152 e. The molecule has 1 heterocycles. The highest BCUT2D eigenvalue weighted by molar-refractivity contribution is 9.10. The van der Waals surface area contributed by atoms with Crippen LogP contribution in [0.2, 0.25) is 5.02 Å². The monoisotopic (exact) mass is 314 g/mol.